The zero-order chi connectivity index (χ0) is 17.2. The number of amides is 1. The Morgan fingerprint density at radius 3 is 2.38 bits per heavy atom. The van der Waals surface area contributed by atoms with Crippen molar-refractivity contribution in [3.8, 4) is 5.75 Å². The van der Waals surface area contributed by atoms with Crippen molar-refractivity contribution in [2.45, 2.75) is 49.1 Å². The van der Waals surface area contributed by atoms with Gasteiger partial charge in [-0.2, -0.15) is 0 Å². The van der Waals surface area contributed by atoms with Crippen LogP contribution in [0.1, 0.15) is 32.1 Å². The first-order chi connectivity index (χ1) is 11.4. The highest BCUT2D eigenvalue weighted by atomic mass is 32.2. The molecule has 1 aliphatic heterocycles. The van der Waals surface area contributed by atoms with E-state index in [2.05, 4.69) is 0 Å². The Labute approximate surface area is 147 Å². The normalized spacial score (nSPS) is 23.4. The number of hydrogen-bond donors (Lipinski definition) is 1. The van der Waals surface area contributed by atoms with Crippen molar-refractivity contribution in [3.05, 3.63) is 24.3 Å². The molecule has 1 amide bonds. The highest BCUT2D eigenvalue weighted by molar-refractivity contribution is 8.00. The van der Waals surface area contributed by atoms with Gasteiger partial charge in [0.05, 0.1) is 17.3 Å². The van der Waals surface area contributed by atoms with Crippen molar-refractivity contribution >= 4 is 27.5 Å². The van der Waals surface area contributed by atoms with E-state index in [1.54, 1.807) is 24.3 Å². The molecule has 132 valence electrons. The molecule has 24 heavy (non-hydrogen) atoms. The Morgan fingerprint density at radius 2 is 1.79 bits per heavy atom. The molecule has 1 aromatic rings. The third-order valence-electron chi connectivity index (χ3n) is 4.81. The van der Waals surface area contributed by atoms with E-state index < -0.39 is 9.84 Å². The predicted octanol–water partition coefficient (Wildman–Crippen LogP) is 2.44. The fraction of sp³-hybridized carbons (Fsp3) is 0.588. The number of phenols is 1. The number of benzene rings is 1. The van der Waals surface area contributed by atoms with Gasteiger partial charge in [0.25, 0.3) is 0 Å². The molecule has 1 aliphatic carbocycles. The van der Waals surface area contributed by atoms with Gasteiger partial charge in [0.15, 0.2) is 9.84 Å². The first-order valence-electron chi connectivity index (χ1n) is 8.38. The van der Waals surface area contributed by atoms with Crippen molar-refractivity contribution in [2.75, 3.05) is 17.3 Å². The van der Waals surface area contributed by atoms with E-state index in [0.29, 0.717) is 12.2 Å². The summed E-state index contributed by atoms with van der Waals surface area (Å²) in [5.41, 5.74) is 0. The minimum atomic E-state index is -3.00. The Balaban J connectivity index is 1.67. The lowest BCUT2D eigenvalue weighted by atomic mass is 10.1. The van der Waals surface area contributed by atoms with Gasteiger partial charge in [0.2, 0.25) is 5.91 Å². The fourth-order valence-corrected chi connectivity index (χ4v) is 6.12. The number of hydrogen-bond acceptors (Lipinski definition) is 5. The number of aromatic hydroxyl groups is 1. The molecule has 0 unspecified atom stereocenters. The molecule has 1 atom stereocenters. The summed E-state index contributed by atoms with van der Waals surface area (Å²) >= 11 is 1.43. The Morgan fingerprint density at radius 1 is 1.12 bits per heavy atom. The number of carbonyl (C=O) groups is 1. The van der Waals surface area contributed by atoms with E-state index in [0.717, 1.165) is 30.6 Å². The van der Waals surface area contributed by atoms with Crippen LogP contribution in [0.2, 0.25) is 0 Å². The second-order valence-corrected chi connectivity index (χ2v) is 9.86. The molecule has 1 heterocycles. The van der Waals surface area contributed by atoms with Gasteiger partial charge in [0, 0.05) is 17.0 Å². The SMILES string of the molecule is O=C(CSc1ccc(O)cc1)N(C1CCCC1)[C@@H]1CCS(=O)(=O)C1. The smallest absolute Gasteiger partial charge is 0.233 e. The van der Waals surface area contributed by atoms with E-state index in [1.807, 2.05) is 4.90 Å². The molecule has 1 aromatic carbocycles. The monoisotopic (exact) mass is 369 g/mol. The highest BCUT2D eigenvalue weighted by Crippen LogP contribution is 2.30. The average molecular weight is 370 g/mol. The van der Waals surface area contributed by atoms with Crippen LogP contribution in [0.15, 0.2) is 29.2 Å². The summed E-state index contributed by atoms with van der Waals surface area (Å²) in [6, 6.07) is 6.80. The minimum absolute atomic E-state index is 0.0297. The summed E-state index contributed by atoms with van der Waals surface area (Å²) in [6.45, 7) is 0. The van der Waals surface area contributed by atoms with Crippen LogP contribution < -0.4 is 0 Å². The summed E-state index contributed by atoms with van der Waals surface area (Å²) in [5.74, 6) is 0.840. The molecule has 0 spiro atoms. The topological polar surface area (TPSA) is 74.7 Å². The maximum Gasteiger partial charge on any atom is 0.233 e. The van der Waals surface area contributed by atoms with Crippen molar-refractivity contribution in [1.29, 1.82) is 0 Å². The van der Waals surface area contributed by atoms with Gasteiger partial charge in [0.1, 0.15) is 5.75 Å². The van der Waals surface area contributed by atoms with E-state index in [1.165, 1.54) is 11.8 Å². The van der Waals surface area contributed by atoms with Crippen LogP contribution in [0.5, 0.6) is 5.75 Å². The van der Waals surface area contributed by atoms with E-state index in [-0.39, 0.29) is 35.2 Å². The molecule has 1 saturated heterocycles. The van der Waals surface area contributed by atoms with E-state index in [9.17, 15) is 18.3 Å². The molecule has 3 rings (SSSR count). The van der Waals surface area contributed by atoms with Gasteiger partial charge in [-0.25, -0.2) is 8.42 Å². The maximum atomic E-state index is 12.8. The van der Waals surface area contributed by atoms with Gasteiger partial charge < -0.3 is 10.0 Å². The quantitative estimate of drug-likeness (QED) is 0.807. The van der Waals surface area contributed by atoms with Crippen molar-refractivity contribution < 1.29 is 18.3 Å². The zero-order valence-electron chi connectivity index (χ0n) is 13.6. The van der Waals surface area contributed by atoms with Gasteiger partial charge in [-0.05, 0) is 43.5 Å². The lowest BCUT2D eigenvalue weighted by Gasteiger charge is -2.34. The van der Waals surface area contributed by atoms with Crippen LogP contribution in [0.25, 0.3) is 0 Å². The molecular weight excluding hydrogens is 346 g/mol. The summed E-state index contributed by atoms with van der Waals surface area (Å²) in [5, 5.41) is 9.32. The Bertz CT molecular complexity index is 681. The number of nitrogens with zero attached hydrogens (tertiary/aromatic N) is 1. The number of thioether (sulfide) groups is 1. The molecular formula is C17H23NO4S2. The fourth-order valence-electron chi connectivity index (χ4n) is 3.64. The van der Waals surface area contributed by atoms with Crippen LogP contribution in [-0.4, -0.2) is 53.7 Å². The molecule has 2 aliphatic rings. The van der Waals surface area contributed by atoms with Crippen molar-refractivity contribution in [1.82, 2.24) is 4.90 Å². The molecule has 0 aromatic heterocycles. The zero-order valence-corrected chi connectivity index (χ0v) is 15.2. The first-order valence-corrected chi connectivity index (χ1v) is 11.2. The van der Waals surface area contributed by atoms with Gasteiger partial charge in [-0.1, -0.05) is 12.8 Å². The molecule has 1 N–H and O–H groups in total. The molecule has 0 radical (unpaired) electrons. The van der Waals surface area contributed by atoms with Crippen LogP contribution in [0.3, 0.4) is 0 Å². The van der Waals surface area contributed by atoms with Crippen molar-refractivity contribution in [2.24, 2.45) is 0 Å². The number of rotatable bonds is 5. The largest absolute Gasteiger partial charge is 0.508 e. The molecule has 5 nitrogen and oxygen atoms in total. The summed E-state index contributed by atoms with van der Waals surface area (Å²) < 4.78 is 23.7. The number of carbonyl (C=O) groups excluding carboxylic acids is 1. The molecule has 7 heteroatoms. The Hall–Kier alpha value is -1.21. The standard InChI is InChI=1S/C17H23NO4S2/c19-15-5-7-16(8-6-15)23-11-17(20)18(13-3-1-2-4-13)14-9-10-24(21,22)12-14/h5-8,13-14,19H,1-4,9-12H2/t14-/m1/s1. The second kappa shape index (κ2) is 7.35. The lowest BCUT2D eigenvalue weighted by Crippen LogP contribution is -2.47. The van der Waals surface area contributed by atoms with E-state index >= 15 is 0 Å². The first kappa shape index (κ1) is 17.6. The van der Waals surface area contributed by atoms with Gasteiger partial charge in [-0.3, -0.25) is 4.79 Å². The van der Waals surface area contributed by atoms with Gasteiger partial charge in [-0.15, -0.1) is 11.8 Å². The lowest BCUT2D eigenvalue weighted by molar-refractivity contribution is -0.132. The van der Waals surface area contributed by atoms with Crippen LogP contribution >= 0.6 is 11.8 Å². The summed E-state index contributed by atoms with van der Waals surface area (Å²) in [4.78, 5) is 15.6. The van der Waals surface area contributed by atoms with Crippen molar-refractivity contribution in [3.63, 3.8) is 0 Å². The molecule has 1 saturated carbocycles. The average Bonchev–Trinajstić information content (AvgIpc) is 3.17. The summed E-state index contributed by atoms with van der Waals surface area (Å²) in [7, 11) is -3.00. The molecule has 2 fully saturated rings. The summed E-state index contributed by atoms with van der Waals surface area (Å²) in [6.07, 6.45) is 4.74. The number of phenolic OH excluding ortho intramolecular Hbond substituents is 1. The van der Waals surface area contributed by atoms with Crippen LogP contribution in [0.4, 0.5) is 0 Å². The van der Waals surface area contributed by atoms with Gasteiger partial charge >= 0.3 is 0 Å². The maximum absolute atomic E-state index is 12.8. The van der Waals surface area contributed by atoms with Crippen LogP contribution in [-0.2, 0) is 14.6 Å². The van der Waals surface area contributed by atoms with E-state index in [4.69, 9.17) is 0 Å². The third kappa shape index (κ3) is 4.25. The number of sulfone groups is 1. The molecule has 0 bridgehead atoms. The third-order valence-corrected chi connectivity index (χ3v) is 7.55. The highest BCUT2D eigenvalue weighted by Gasteiger charge is 2.38. The second-order valence-electron chi connectivity index (χ2n) is 6.58. The minimum Gasteiger partial charge on any atom is -0.508 e. The Kier molecular flexibility index (Phi) is 5.39. The van der Waals surface area contributed by atoms with Crippen LogP contribution in [0, 0.1) is 0 Å². The predicted molar refractivity (Wildman–Crippen MR) is 95.0 cm³/mol.